The summed E-state index contributed by atoms with van der Waals surface area (Å²) < 4.78 is 11.4. The van der Waals surface area contributed by atoms with Crippen molar-refractivity contribution in [3.63, 3.8) is 0 Å². The molecule has 1 aliphatic heterocycles. The van der Waals surface area contributed by atoms with Crippen LogP contribution in [0.4, 0.5) is 0 Å². The number of carbonyl (C=O) groups is 1. The van der Waals surface area contributed by atoms with Crippen LogP contribution in [-0.4, -0.2) is 49.6 Å². The van der Waals surface area contributed by atoms with Gasteiger partial charge in [-0.3, -0.25) is 9.69 Å². The highest BCUT2D eigenvalue weighted by Crippen LogP contribution is 2.13. The number of hydrogen-bond donors (Lipinski definition) is 0. The second-order valence-corrected chi connectivity index (χ2v) is 5.41. The van der Waals surface area contributed by atoms with Crippen LogP contribution in [0.5, 0.6) is 5.75 Å². The van der Waals surface area contributed by atoms with Gasteiger partial charge in [0, 0.05) is 25.2 Å². The van der Waals surface area contributed by atoms with Crippen LogP contribution < -0.4 is 4.74 Å². The Morgan fingerprint density at radius 3 is 2.50 bits per heavy atom. The zero-order valence-corrected chi connectivity index (χ0v) is 12.2. The smallest absolute Gasteiger partial charge is 0.150 e. The van der Waals surface area contributed by atoms with Gasteiger partial charge in [-0.15, -0.1) is 0 Å². The third kappa shape index (κ3) is 4.62. The van der Waals surface area contributed by atoms with Gasteiger partial charge in [0.05, 0.1) is 18.8 Å². The Morgan fingerprint density at radius 1 is 1.25 bits per heavy atom. The second kappa shape index (κ2) is 7.41. The first kappa shape index (κ1) is 15.0. The predicted octanol–water partition coefficient (Wildman–Crippen LogP) is 2.38. The predicted molar refractivity (Wildman–Crippen MR) is 78.4 cm³/mol. The molecule has 1 aromatic rings. The number of carbonyl (C=O) groups excluding carboxylic acids is 1. The van der Waals surface area contributed by atoms with Crippen LogP contribution in [0.1, 0.15) is 30.6 Å². The van der Waals surface area contributed by atoms with Crippen LogP contribution in [0.2, 0.25) is 0 Å². The molecular weight excluding hydrogens is 254 g/mol. The van der Waals surface area contributed by atoms with E-state index in [4.69, 9.17) is 9.47 Å². The lowest BCUT2D eigenvalue weighted by Crippen LogP contribution is -2.45. The topological polar surface area (TPSA) is 38.8 Å². The first-order chi connectivity index (χ1) is 9.67. The summed E-state index contributed by atoms with van der Waals surface area (Å²) in [5.74, 6) is 0.819. The van der Waals surface area contributed by atoms with Crippen molar-refractivity contribution >= 4 is 6.29 Å². The Morgan fingerprint density at radius 2 is 1.90 bits per heavy atom. The van der Waals surface area contributed by atoms with Gasteiger partial charge >= 0.3 is 0 Å². The molecule has 0 N–H and O–H groups in total. The number of morpholine rings is 1. The summed E-state index contributed by atoms with van der Waals surface area (Å²) in [5.41, 5.74) is 0.675. The van der Waals surface area contributed by atoms with Crippen LogP contribution in [0.25, 0.3) is 0 Å². The van der Waals surface area contributed by atoms with Crippen LogP contribution in [-0.2, 0) is 4.74 Å². The molecule has 4 heteroatoms. The van der Waals surface area contributed by atoms with Gasteiger partial charge < -0.3 is 9.47 Å². The van der Waals surface area contributed by atoms with E-state index in [0.717, 1.165) is 38.1 Å². The summed E-state index contributed by atoms with van der Waals surface area (Å²) in [7, 11) is 0. The highest BCUT2D eigenvalue weighted by Gasteiger charge is 2.21. The van der Waals surface area contributed by atoms with E-state index in [2.05, 4.69) is 18.7 Å². The maximum atomic E-state index is 10.5. The average Bonchev–Trinajstić information content (AvgIpc) is 2.43. The molecule has 0 amide bonds. The van der Waals surface area contributed by atoms with E-state index in [-0.39, 0.29) is 0 Å². The van der Waals surface area contributed by atoms with Crippen LogP contribution >= 0.6 is 0 Å². The Balaban J connectivity index is 1.66. The first-order valence-electron chi connectivity index (χ1n) is 7.23. The molecule has 0 aliphatic carbocycles. The molecule has 0 aromatic heterocycles. The number of ether oxygens (including phenoxy) is 2. The van der Waals surface area contributed by atoms with E-state index in [1.807, 2.05) is 12.1 Å². The summed E-state index contributed by atoms with van der Waals surface area (Å²) in [6.07, 6.45) is 2.46. The lowest BCUT2D eigenvalue weighted by atomic mass is 10.2. The maximum Gasteiger partial charge on any atom is 0.150 e. The number of benzene rings is 1. The molecule has 2 rings (SSSR count). The van der Waals surface area contributed by atoms with Gasteiger partial charge in [-0.25, -0.2) is 0 Å². The van der Waals surface area contributed by atoms with Crippen molar-refractivity contribution < 1.29 is 14.3 Å². The van der Waals surface area contributed by atoms with Gasteiger partial charge in [0.2, 0.25) is 0 Å². The molecule has 20 heavy (non-hydrogen) atoms. The van der Waals surface area contributed by atoms with Crippen molar-refractivity contribution in [3.8, 4) is 5.75 Å². The average molecular weight is 277 g/mol. The normalized spacial score (nSPS) is 23.5. The van der Waals surface area contributed by atoms with Crippen molar-refractivity contribution in [2.24, 2.45) is 0 Å². The standard InChI is InChI=1S/C16H23NO3/c1-13-10-17(11-14(2)20-13)8-3-9-19-16-6-4-15(12-18)5-7-16/h4-7,12-14H,3,8-11H2,1-2H3/t13-,14-/m1/s1. The lowest BCUT2D eigenvalue weighted by Gasteiger charge is -2.35. The van der Waals surface area contributed by atoms with Crippen molar-refractivity contribution in [2.45, 2.75) is 32.5 Å². The summed E-state index contributed by atoms with van der Waals surface area (Å²) in [6.45, 7) is 7.96. The van der Waals surface area contributed by atoms with Gasteiger partial charge in [-0.1, -0.05) is 0 Å². The van der Waals surface area contributed by atoms with E-state index in [0.29, 0.717) is 24.4 Å². The molecule has 0 radical (unpaired) electrons. The van der Waals surface area contributed by atoms with Crippen molar-refractivity contribution in [1.29, 1.82) is 0 Å². The molecule has 2 atom stereocenters. The molecule has 1 fully saturated rings. The fraction of sp³-hybridized carbons (Fsp3) is 0.562. The SMILES string of the molecule is C[C@@H]1CN(CCCOc2ccc(C=O)cc2)C[C@@H](C)O1. The molecule has 1 heterocycles. The Bertz CT molecular complexity index is 408. The van der Waals surface area contributed by atoms with E-state index in [9.17, 15) is 4.79 Å². The van der Waals surface area contributed by atoms with Gasteiger partial charge in [0.15, 0.2) is 0 Å². The van der Waals surface area contributed by atoms with Crippen LogP contribution in [0, 0.1) is 0 Å². The lowest BCUT2D eigenvalue weighted by molar-refractivity contribution is -0.0686. The molecule has 1 aromatic carbocycles. The molecule has 0 spiro atoms. The highest BCUT2D eigenvalue weighted by molar-refractivity contribution is 5.74. The van der Waals surface area contributed by atoms with Crippen molar-refractivity contribution in [1.82, 2.24) is 4.90 Å². The Kier molecular flexibility index (Phi) is 5.56. The van der Waals surface area contributed by atoms with Crippen LogP contribution in [0.3, 0.4) is 0 Å². The Labute approximate surface area is 120 Å². The minimum absolute atomic E-state index is 0.315. The zero-order chi connectivity index (χ0) is 14.4. The van der Waals surface area contributed by atoms with Crippen LogP contribution in [0.15, 0.2) is 24.3 Å². The third-order valence-corrected chi connectivity index (χ3v) is 3.40. The summed E-state index contributed by atoms with van der Waals surface area (Å²) in [6, 6.07) is 7.21. The monoisotopic (exact) mass is 277 g/mol. The first-order valence-corrected chi connectivity index (χ1v) is 7.23. The van der Waals surface area contributed by atoms with Gasteiger partial charge in [-0.2, -0.15) is 0 Å². The minimum Gasteiger partial charge on any atom is -0.494 e. The van der Waals surface area contributed by atoms with Crippen molar-refractivity contribution in [2.75, 3.05) is 26.2 Å². The van der Waals surface area contributed by atoms with Gasteiger partial charge in [-0.05, 0) is 44.5 Å². The molecule has 1 aliphatic rings. The summed E-state index contributed by atoms with van der Waals surface area (Å²) in [4.78, 5) is 13.0. The van der Waals surface area contributed by atoms with E-state index >= 15 is 0 Å². The molecule has 110 valence electrons. The molecule has 0 bridgehead atoms. The fourth-order valence-corrected chi connectivity index (χ4v) is 2.59. The number of hydrogen-bond acceptors (Lipinski definition) is 4. The summed E-state index contributed by atoms with van der Waals surface area (Å²) >= 11 is 0. The molecular formula is C16H23NO3. The van der Waals surface area contributed by atoms with Gasteiger partial charge in [0.1, 0.15) is 12.0 Å². The Hall–Kier alpha value is -1.39. The largest absolute Gasteiger partial charge is 0.494 e. The number of rotatable bonds is 6. The molecule has 0 saturated carbocycles. The summed E-state index contributed by atoms with van der Waals surface area (Å²) in [5, 5.41) is 0. The van der Waals surface area contributed by atoms with E-state index in [1.165, 1.54) is 0 Å². The van der Waals surface area contributed by atoms with Gasteiger partial charge in [0.25, 0.3) is 0 Å². The van der Waals surface area contributed by atoms with Crippen molar-refractivity contribution in [3.05, 3.63) is 29.8 Å². The molecule has 0 unspecified atom stereocenters. The minimum atomic E-state index is 0.315. The van der Waals surface area contributed by atoms with E-state index < -0.39 is 0 Å². The maximum absolute atomic E-state index is 10.5. The number of nitrogens with zero attached hydrogens (tertiary/aromatic N) is 1. The fourth-order valence-electron chi connectivity index (χ4n) is 2.59. The highest BCUT2D eigenvalue weighted by atomic mass is 16.5. The molecule has 1 saturated heterocycles. The quantitative estimate of drug-likeness (QED) is 0.591. The third-order valence-electron chi connectivity index (χ3n) is 3.40. The second-order valence-electron chi connectivity index (χ2n) is 5.41. The molecule has 4 nitrogen and oxygen atoms in total. The zero-order valence-electron chi connectivity index (χ0n) is 12.2. The number of aldehydes is 1. The van der Waals surface area contributed by atoms with E-state index in [1.54, 1.807) is 12.1 Å².